The van der Waals surface area contributed by atoms with Gasteiger partial charge in [-0.05, 0) is 0 Å². The molecular formula is C8H8N4O2. The van der Waals surface area contributed by atoms with Crippen molar-refractivity contribution < 1.29 is 0 Å². The summed E-state index contributed by atoms with van der Waals surface area (Å²) in [6.07, 6.45) is 2.18. The van der Waals surface area contributed by atoms with Crippen molar-refractivity contribution in [1.29, 1.82) is 0 Å². The number of hydrogen-bond acceptors (Lipinski definition) is 3. The van der Waals surface area contributed by atoms with E-state index in [0.29, 0.717) is 12.2 Å². The van der Waals surface area contributed by atoms with Crippen molar-refractivity contribution >= 4 is 11.2 Å². The Labute approximate surface area is 77.7 Å². The number of nitrogens with one attached hydrogen (secondary N) is 3. The lowest BCUT2D eigenvalue weighted by Crippen LogP contribution is -2.21. The number of rotatable bonds is 2. The molecule has 0 atom stereocenters. The Hall–Kier alpha value is -2.11. The fourth-order valence-corrected chi connectivity index (χ4v) is 1.21. The number of aromatic nitrogens is 4. The summed E-state index contributed by atoms with van der Waals surface area (Å²) < 4.78 is 0. The van der Waals surface area contributed by atoms with Crippen molar-refractivity contribution in [3.63, 3.8) is 0 Å². The summed E-state index contributed by atoms with van der Waals surface area (Å²) >= 11 is 0. The maximum Gasteiger partial charge on any atom is 0.327 e. The van der Waals surface area contributed by atoms with Gasteiger partial charge in [0.1, 0.15) is 11.3 Å². The van der Waals surface area contributed by atoms with Gasteiger partial charge in [0.05, 0.1) is 0 Å². The molecule has 3 N–H and O–H groups in total. The number of imidazole rings is 1. The highest BCUT2D eigenvalue weighted by Gasteiger charge is 2.05. The maximum absolute atomic E-state index is 11.2. The molecule has 2 aromatic heterocycles. The van der Waals surface area contributed by atoms with Crippen LogP contribution in [0, 0.1) is 0 Å². The predicted octanol–water partition coefficient (Wildman–Crippen LogP) is -0.332. The Morgan fingerprint density at radius 3 is 2.79 bits per heavy atom. The molecule has 0 aliphatic rings. The normalized spacial score (nSPS) is 10.6. The first kappa shape index (κ1) is 8.49. The molecule has 0 aliphatic heterocycles. The zero-order valence-electron chi connectivity index (χ0n) is 7.26. The predicted molar refractivity (Wildman–Crippen MR) is 51.2 cm³/mol. The Balaban J connectivity index is 2.76. The number of H-pyrrole nitrogens is 3. The summed E-state index contributed by atoms with van der Waals surface area (Å²) in [5.41, 5.74) is -0.470. The fourth-order valence-electron chi connectivity index (χ4n) is 1.21. The van der Waals surface area contributed by atoms with E-state index in [4.69, 9.17) is 0 Å². The molecule has 0 saturated heterocycles. The third-order valence-corrected chi connectivity index (χ3v) is 1.78. The third kappa shape index (κ3) is 1.26. The van der Waals surface area contributed by atoms with Crippen LogP contribution < -0.4 is 11.2 Å². The highest BCUT2D eigenvalue weighted by Crippen LogP contribution is 2.01. The van der Waals surface area contributed by atoms with Gasteiger partial charge < -0.3 is 4.98 Å². The molecule has 6 heteroatoms. The molecule has 0 spiro atoms. The molecule has 2 heterocycles. The lowest BCUT2D eigenvalue weighted by molar-refractivity contribution is 1.06. The smallest absolute Gasteiger partial charge is 0.327 e. The van der Waals surface area contributed by atoms with E-state index >= 15 is 0 Å². The van der Waals surface area contributed by atoms with E-state index in [-0.39, 0.29) is 11.2 Å². The molecule has 0 amide bonds. The number of fused-ring (bicyclic) bond motifs is 1. The molecule has 0 saturated carbocycles. The summed E-state index contributed by atoms with van der Waals surface area (Å²) in [5.74, 6) is 0.599. The van der Waals surface area contributed by atoms with Crippen molar-refractivity contribution in [2.24, 2.45) is 0 Å². The summed E-state index contributed by atoms with van der Waals surface area (Å²) in [6.45, 7) is 3.55. The molecule has 72 valence electrons. The molecule has 2 rings (SSSR count). The van der Waals surface area contributed by atoms with Gasteiger partial charge >= 0.3 is 5.69 Å². The van der Waals surface area contributed by atoms with Crippen molar-refractivity contribution in [3.05, 3.63) is 39.3 Å². The van der Waals surface area contributed by atoms with Crippen LogP contribution in [0.15, 0.2) is 22.2 Å². The Morgan fingerprint density at radius 2 is 2.07 bits per heavy atom. The van der Waals surface area contributed by atoms with E-state index in [1.165, 1.54) is 0 Å². The van der Waals surface area contributed by atoms with Crippen molar-refractivity contribution in [2.45, 2.75) is 6.42 Å². The van der Waals surface area contributed by atoms with E-state index in [2.05, 4.69) is 26.5 Å². The quantitative estimate of drug-likeness (QED) is 0.568. The van der Waals surface area contributed by atoms with Gasteiger partial charge in [-0.1, -0.05) is 6.08 Å². The average molecular weight is 192 g/mol. The average Bonchev–Trinajstić information content (AvgIpc) is 2.48. The highest BCUT2D eigenvalue weighted by molar-refractivity contribution is 5.68. The topological polar surface area (TPSA) is 94.4 Å². The van der Waals surface area contributed by atoms with Crippen LogP contribution in [0.1, 0.15) is 5.82 Å². The standard InChI is InChI=1S/C8H8N4O2/c1-2-3-4-9-5-6(10-4)11-8(14)12-7(5)13/h2H,1,3H2,(H3,9,10,11,12,13,14). The van der Waals surface area contributed by atoms with Gasteiger partial charge in [-0.25, -0.2) is 9.78 Å². The molecule has 0 bridgehead atoms. The first-order valence-corrected chi connectivity index (χ1v) is 4.03. The number of hydrogen-bond donors (Lipinski definition) is 3. The molecule has 0 fully saturated rings. The summed E-state index contributed by atoms with van der Waals surface area (Å²) in [5, 5.41) is 0. The maximum atomic E-state index is 11.2. The minimum absolute atomic E-state index is 0.274. The summed E-state index contributed by atoms with van der Waals surface area (Å²) in [6, 6.07) is 0. The molecule has 0 unspecified atom stereocenters. The third-order valence-electron chi connectivity index (χ3n) is 1.78. The fraction of sp³-hybridized carbons (Fsp3) is 0.125. The largest absolute Gasteiger partial charge is 0.336 e. The molecule has 0 radical (unpaired) electrons. The van der Waals surface area contributed by atoms with Crippen LogP contribution in [-0.2, 0) is 6.42 Å². The van der Waals surface area contributed by atoms with Crippen LogP contribution in [0.2, 0.25) is 0 Å². The lowest BCUT2D eigenvalue weighted by Gasteiger charge is -1.83. The van der Waals surface area contributed by atoms with Gasteiger partial charge in [0, 0.05) is 6.42 Å². The van der Waals surface area contributed by atoms with Crippen LogP contribution in [0.5, 0.6) is 0 Å². The number of allylic oxidation sites excluding steroid dienone is 1. The molecule has 6 nitrogen and oxygen atoms in total. The van der Waals surface area contributed by atoms with E-state index in [1.54, 1.807) is 6.08 Å². The highest BCUT2D eigenvalue weighted by atomic mass is 16.2. The van der Waals surface area contributed by atoms with E-state index in [1.807, 2.05) is 0 Å². The minimum Gasteiger partial charge on any atom is -0.336 e. The second-order valence-electron chi connectivity index (χ2n) is 2.81. The van der Waals surface area contributed by atoms with Gasteiger partial charge in [0.15, 0.2) is 5.65 Å². The summed E-state index contributed by atoms with van der Waals surface area (Å²) in [7, 11) is 0. The minimum atomic E-state index is -0.556. The van der Waals surface area contributed by atoms with Crippen LogP contribution in [0.3, 0.4) is 0 Å². The van der Waals surface area contributed by atoms with Crippen molar-refractivity contribution in [1.82, 2.24) is 19.9 Å². The first-order chi connectivity index (χ1) is 6.70. The van der Waals surface area contributed by atoms with Crippen LogP contribution in [0.4, 0.5) is 0 Å². The molecule has 14 heavy (non-hydrogen) atoms. The first-order valence-electron chi connectivity index (χ1n) is 4.03. The molecule has 0 aliphatic carbocycles. The Bertz CT molecular complexity index is 589. The lowest BCUT2D eigenvalue weighted by atomic mass is 10.4. The number of aromatic amines is 3. The van der Waals surface area contributed by atoms with Gasteiger partial charge in [0.2, 0.25) is 0 Å². The van der Waals surface area contributed by atoms with E-state index < -0.39 is 11.2 Å². The van der Waals surface area contributed by atoms with Crippen molar-refractivity contribution in [2.75, 3.05) is 0 Å². The zero-order valence-corrected chi connectivity index (χ0v) is 7.26. The SMILES string of the molecule is C=CCc1nc2[nH]c(=O)[nH]c(=O)c2[nH]1. The van der Waals surface area contributed by atoms with Gasteiger partial charge in [-0.2, -0.15) is 0 Å². The van der Waals surface area contributed by atoms with Crippen LogP contribution in [-0.4, -0.2) is 19.9 Å². The van der Waals surface area contributed by atoms with Crippen LogP contribution in [0.25, 0.3) is 11.2 Å². The van der Waals surface area contributed by atoms with Gasteiger partial charge in [0.25, 0.3) is 5.56 Å². The Kier molecular flexibility index (Phi) is 1.81. The van der Waals surface area contributed by atoms with Gasteiger partial charge in [-0.15, -0.1) is 6.58 Å². The molecule has 2 aromatic rings. The molecule has 0 aromatic carbocycles. The molecular weight excluding hydrogens is 184 g/mol. The summed E-state index contributed by atoms with van der Waals surface area (Å²) in [4.78, 5) is 33.5. The zero-order chi connectivity index (χ0) is 10.1. The van der Waals surface area contributed by atoms with Crippen LogP contribution >= 0.6 is 0 Å². The number of nitrogens with zero attached hydrogens (tertiary/aromatic N) is 1. The van der Waals surface area contributed by atoms with E-state index in [9.17, 15) is 9.59 Å². The second kappa shape index (κ2) is 2.99. The Morgan fingerprint density at radius 1 is 1.29 bits per heavy atom. The van der Waals surface area contributed by atoms with E-state index in [0.717, 1.165) is 0 Å². The van der Waals surface area contributed by atoms with Crippen molar-refractivity contribution in [3.8, 4) is 0 Å². The monoisotopic (exact) mass is 192 g/mol. The van der Waals surface area contributed by atoms with Gasteiger partial charge in [-0.3, -0.25) is 14.8 Å². The second-order valence-corrected chi connectivity index (χ2v) is 2.81.